The largest absolute Gasteiger partial charge is 0.382 e. The lowest BCUT2D eigenvalue weighted by atomic mass is 10.1. The Hall–Kier alpha value is -0.450. The number of methoxy groups -OCH3 is 1. The minimum atomic E-state index is 0.0967. The lowest BCUT2D eigenvalue weighted by Crippen LogP contribution is -2.18. The van der Waals surface area contributed by atoms with Crippen LogP contribution in [0.4, 0.5) is 0 Å². The second kappa shape index (κ2) is 10.1. The summed E-state index contributed by atoms with van der Waals surface area (Å²) in [6.07, 6.45) is 0.868. The maximum absolute atomic E-state index is 11.3. The number of rotatable bonds is 10. The van der Waals surface area contributed by atoms with E-state index in [9.17, 15) is 4.79 Å². The SMILES string of the molecule is CCC(C)C(=O)COCCOCCOC. The van der Waals surface area contributed by atoms with Gasteiger partial charge in [-0.05, 0) is 6.42 Å². The molecule has 90 valence electrons. The van der Waals surface area contributed by atoms with Crippen LogP contribution in [0.5, 0.6) is 0 Å². The molecule has 0 saturated heterocycles. The van der Waals surface area contributed by atoms with E-state index in [1.54, 1.807) is 7.11 Å². The molecule has 4 heteroatoms. The van der Waals surface area contributed by atoms with Gasteiger partial charge in [-0.3, -0.25) is 4.79 Å². The van der Waals surface area contributed by atoms with Gasteiger partial charge in [0, 0.05) is 13.0 Å². The van der Waals surface area contributed by atoms with Crippen LogP contribution < -0.4 is 0 Å². The molecule has 1 unspecified atom stereocenters. The molecule has 15 heavy (non-hydrogen) atoms. The number of hydrogen-bond acceptors (Lipinski definition) is 4. The number of Topliss-reactive ketones (excluding diaryl/α,β-unsaturated/α-hetero) is 1. The van der Waals surface area contributed by atoms with Crippen LogP contribution in [0.15, 0.2) is 0 Å². The number of carbonyl (C=O) groups is 1. The molecule has 1 atom stereocenters. The first-order valence-electron chi connectivity index (χ1n) is 5.39. The summed E-state index contributed by atoms with van der Waals surface area (Å²) in [5.41, 5.74) is 0. The third-order valence-electron chi connectivity index (χ3n) is 2.21. The molecule has 0 heterocycles. The molecular weight excluding hydrogens is 196 g/mol. The van der Waals surface area contributed by atoms with E-state index in [-0.39, 0.29) is 18.3 Å². The van der Waals surface area contributed by atoms with Crippen LogP contribution in [0.2, 0.25) is 0 Å². The molecule has 0 aromatic rings. The van der Waals surface area contributed by atoms with E-state index >= 15 is 0 Å². The summed E-state index contributed by atoms with van der Waals surface area (Å²) in [6, 6.07) is 0. The van der Waals surface area contributed by atoms with Crippen LogP contribution in [0.1, 0.15) is 20.3 Å². The fraction of sp³-hybridized carbons (Fsp3) is 0.909. The average molecular weight is 218 g/mol. The summed E-state index contributed by atoms with van der Waals surface area (Å²) in [5, 5.41) is 0. The minimum absolute atomic E-state index is 0.0967. The molecule has 0 bridgehead atoms. The Morgan fingerprint density at radius 1 is 1.13 bits per heavy atom. The first kappa shape index (κ1) is 14.6. The van der Waals surface area contributed by atoms with Crippen LogP contribution in [-0.2, 0) is 19.0 Å². The number of hydrogen-bond donors (Lipinski definition) is 0. The molecule has 0 aliphatic rings. The van der Waals surface area contributed by atoms with E-state index in [1.165, 1.54) is 0 Å². The molecule has 0 spiro atoms. The number of carbonyl (C=O) groups excluding carboxylic acids is 1. The van der Waals surface area contributed by atoms with Gasteiger partial charge in [-0.15, -0.1) is 0 Å². The Morgan fingerprint density at radius 2 is 1.73 bits per heavy atom. The van der Waals surface area contributed by atoms with E-state index < -0.39 is 0 Å². The summed E-state index contributed by atoms with van der Waals surface area (Å²) in [6.45, 7) is 6.24. The van der Waals surface area contributed by atoms with E-state index in [4.69, 9.17) is 14.2 Å². The van der Waals surface area contributed by atoms with Crippen molar-refractivity contribution in [2.75, 3.05) is 40.1 Å². The monoisotopic (exact) mass is 218 g/mol. The molecule has 0 N–H and O–H groups in total. The summed E-state index contributed by atoms with van der Waals surface area (Å²) < 4.78 is 15.2. The summed E-state index contributed by atoms with van der Waals surface area (Å²) >= 11 is 0. The fourth-order valence-electron chi connectivity index (χ4n) is 0.905. The zero-order valence-electron chi connectivity index (χ0n) is 9.95. The molecule has 0 aliphatic heterocycles. The van der Waals surface area contributed by atoms with Gasteiger partial charge < -0.3 is 14.2 Å². The normalized spacial score (nSPS) is 12.7. The van der Waals surface area contributed by atoms with Gasteiger partial charge in [0.25, 0.3) is 0 Å². The third-order valence-corrected chi connectivity index (χ3v) is 2.21. The smallest absolute Gasteiger partial charge is 0.161 e. The van der Waals surface area contributed by atoms with Crippen molar-refractivity contribution >= 4 is 5.78 Å². The van der Waals surface area contributed by atoms with Crippen LogP contribution in [0.25, 0.3) is 0 Å². The molecule has 0 aromatic carbocycles. The Bertz CT molecular complexity index is 159. The van der Waals surface area contributed by atoms with E-state index in [0.717, 1.165) is 6.42 Å². The second-order valence-corrected chi connectivity index (χ2v) is 3.43. The molecule has 0 amide bonds. The van der Waals surface area contributed by atoms with Crippen molar-refractivity contribution in [3.8, 4) is 0 Å². The predicted octanol–water partition coefficient (Wildman–Crippen LogP) is 1.28. The van der Waals surface area contributed by atoms with Gasteiger partial charge >= 0.3 is 0 Å². The first-order valence-corrected chi connectivity index (χ1v) is 5.39. The summed E-state index contributed by atoms with van der Waals surface area (Å²) in [7, 11) is 1.63. The van der Waals surface area contributed by atoms with Crippen molar-refractivity contribution in [2.24, 2.45) is 5.92 Å². The molecule has 0 rings (SSSR count). The maximum atomic E-state index is 11.3. The Morgan fingerprint density at radius 3 is 2.33 bits per heavy atom. The van der Waals surface area contributed by atoms with Crippen LogP contribution in [0, 0.1) is 5.92 Å². The lowest BCUT2D eigenvalue weighted by Gasteiger charge is -2.08. The molecule has 0 saturated carbocycles. The second-order valence-electron chi connectivity index (χ2n) is 3.43. The number of ketones is 1. The first-order chi connectivity index (χ1) is 7.22. The van der Waals surface area contributed by atoms with Gasteiger partial charge in [-0.25, -0.2) is 0 Å². The fourth-order valence-corrected chi connectivity index (χ4v) is 0.905. The zero-order valence-corrected chi connectivity index (χ0v) is 9.95. The van der Waals surface area contributed by atoms with E-state index in [2.05, 4.69) is 0 Å². The molecule has 0 aliphatic carbocycles. The van der Waals surface area contributed by atoms with Crippen molar-refractivity contribution in [1.29, 1.82) is 0 Å². The van der Waals surface area contributed by atoms with Gasteiger partial charge in [0.05, 0.1) is 26.4 Å². The van der Waals surface area contributed by atoms with Gasteiger partial charge in [0.15, 0.2) is 5.78 Å². The Labute approximate surface area is 91.9 Å². The van der Waals surface area contributed by atoms with Gasteiger partial charge in [-0.2, -0.15) is 0 Å². The molecular formula is C11H22O4. The van der Waals surface area contributed by atoms with Crippen molar-refractivity contribution in [3.63, 3.8) is 0 Å². The van der Waals surface area contributed by atoms with E-state index in [0.29, 0.717) is 26.4 Å². The highest BCUT2D eigenvalue weighted by Gasteiger charge is 2.09. The van der Waals surface area contributed by atoms with E-state index in [1.807, 2.05) is 13.8 Å². The number of ether oxygens (including phenoxy) is 3. The highest BCUT2D eigenvalue weighted by atomic mass is 16.5. The quantitative estimate of drug-likeness (QED) is 0.518. The summed E-state index contributed by atoms with van der Waals surface area (Å²) in [4.78, 5) is 11.3. The summed E-state index contributed by atoms with van der Waals surface area (Å²) in [5.74, 6) is 0.258. The van der Waals surface area contributed by atoms with Crippen molar-refractivity contribution in [1.82, 2.24) is 0 Å². The van der Waals surface area contributed by atoms with Crippen molar-refractivity contribution in [2.45, 2.75) is 20.3 Å². The van der Waals surface area contributed by atoms with Crippen LogP contribution in [0.3, 0.4) is 0 Å². The van der Waals surface area contributed by atoms with Gasteiger partial charge in [0.1, 0.15) is 6.61 Å². The maximum Gasteiger partial charge on any atom is 0.161 e. The topological polar surface area (TPSA) is 44.8 Å². The highest BCUT2D eigenvalue weighted by Crippen LogP contribution is 2.01. The van der Waals surface area contributed by atoms with Gasteiger partial charge in [-0.1, -0.05) is 13.8 Å². The minimum Gasteiger partial charge on any atom is -0.382 e. The molecule has 4 nitrogen and oxygen atoms in total. The highest BCUT2D eigenvalue weighted by molar-refractivity contribution is 5.81. The molecule has 0 aromatic heterocycles. The van der Waals surface area contributed by atoms with Crippen molar-refractivity contribution < 1.29 is 19.0 Å². The van der Waals surface area contributed by atoms with Gasteiger partial charge in [0.2, 0.25) is 0 Å². The third kappa shape index (κ3) is 8.54. The zero-order chi connectivity index (χ0) is 11.5. The standard InChI is InChI=1S/C11H22O4/c1-4-10(2)11(12)9-15-8-7-14-6-5-13-3/h10H,4-9H2,1-3H3. The molecule has 0 radical (unpaired) electrons. The van der Waals surface area contributed by atoms with Crippen LogP contribution in [-0.4, -0.2) is 45.9 Å². The Balaban J connectivity index is 3.20. The van der Waals surface area contributed by atoms with Crippen molar-refractivity contribution in [3.05, 3.63) is 0 Å². The average Bonchev–Trinajstić information content (AvgIpc) is 2.26. The molecule has 0 fully saturated rings. The predicted molar refractivity (Wildman–Crippen MR) is 58.0 cm³/mol. The van der Waals surface area contributed by atoms with Crippen LogP contribution >= 0.6 is 0 Å². The Kier molecular flexibility index (Phi) is 9.78. The lowest BCUT2D eigenvalue weighted by molar-refractivity contribution is -0.127.